The van der Waals surface area contributed by atoms with Crippen molar-refractivity contribution >= 4 is 61.9 Å². The molecule has 1 N–H and O–H groups in total. The molecule has 6 rings (SSSR count). The van der Waals surface area contributed by atoms with E-state index in [1.54, 1.807) is 18.2 Å². The maximum atomic E-state index is 13.6. The number of carbonyl (C=O) groups is 1. The smallest absolute Gasteiger partial charge is 0.255 e. The molecule has 4 aromatic rings. The number of fused-ring (bicyclic) bond motifs is 2. The standard InChI is InChI=1S/C27H22ClFN2O5S2/c1-30-27(32)24-20-11-19(14-3-4-14)22(12-23(20)36-25(24)15-5-7-17(29)8-6-15)31(38(2,33)34)18-9-16-13-35-37-26(16)21(28)10-18/h5-12,14H,3-4,13H2,1-2H3,(H,30,32). The molecule has 11 heteroatoms. The van der Waals surface area contributed by atoms with E-state index in [0.29, 0.717) is 45.1 Å². The van der Waals surface area contributed by atoms with Gasteiger partial charge in [-0.1, -0.05) is 11.6 Å². The Bertz CT molecular complexity index is 1720. The highest BCUT2D eigenvalue weighted by atomic mass is 35.5. The van der Waals surface area contributed by atoms with Crippen LogP contribution in [0.4, 0.5) is 15.8 Å². The first-order valence-electron chi connectivity index (χ1n) is 11.9. The highest BCUT2D eigenvalue weighted by Gasteiger charge is 2.34. The van der Waals surface area contributed by atoms with Crippen molar-refractivity contribution in [2.24, 2.45) is 0 Å². The van der Waals surface area contributed by atoms with Crippen LogP contribution in [0.5, 0.6) is 0 Å². The van der Waals surface area contributed by atoms with Crippen LogP contribution in [0.2, 0.25) is 5.02 Å². The van der Waals surface area contributed by atoms with Crippen LogP contribution in [-0.4, -0.2) is 27.6 Å². The number of furan rings is 1. The number of hydrogen-bond donors (Lipinski definition) is 1. The number of amides is 1. The van der Waals surface area contributed by atoms with Crippen LogP contribution in [0.15, 0.2) is 57.8 Å². The molecule has 3 aromatic carbocycles. The van der Waals surface area contributed by atoms with Crippen molar-refractivity contribution in [2.45, 2.75) is 30.3 Å². The van der Waals surface area contributed by atoms with Crippen molar-refractivity contribution in [2.75, 3.05) is 17.6 Å². The molecule has 1 aliphatic heterocycles. The third kappa shape index (κ3) is 4.35. The zero-order valence-electron chi connectivity index (χ0n) is 20.4. The zero-order chi connectivity index (χ0) is 26.8. The van der Waals surface area contributed by atoms with Crippen molar-refractivity contribution in [1.29, 1.82) is 0 Å². The highest BCUT2D eigenvalue weighted by Crippen LogP contribution is 2.50. The summed E-state index contributed by atoms with van der Waals surface area (Å²) in [4.78, 5) is 13.8. The number of benzene rings is 3. The van der Waals surface area contributed by atoms with E-state index in [1.165, 1.54) is 47.7 Å². The summed E-state index contributed by atoms with van der Waals surface area (Å²) >= 11 is 7.68. The molecule has 1 aromatic heterocycles. The Kier molecular flexibility index (Phi) is 6.18. The number of hydrogen-bond acceptors (Lipinski definition) is 6. The summed E-state index contributed by atoms with van der Waals surface area (Å²) in [6, 6.07) is 12.6. The SMILES string of the molecule is CNC(=O)c1c(-c2ccc(F)cc2)oc2cc(N(c3cc(Cl)c4c(c3)COS4)S(C)(=O)=O)c(C3CC3)cc12. The molecule has 0 spiro atoms. The summed E-state index contributed by atoms with van der Waals surface area (Å²) in [5.41, 5.74) is 3.60. The first-order chi connectivity index (χ1) is 18.2. The number of carbonyl (C=O) groups excluding carboxylic acids is 1. The van der Waals surface area contributed by atoms with Crippen LogP contribution in [0.1, 0.15) is 40.2 Å². The maximum Gasteiger partial charge on any atom is 0.255 e. The topological polar surface area (TPSA) is 88.8 Å². The summed E-state index contributed by atoms with van der Waals surface area (Å²) in [5, 5.41) is 3.61. The largest absolute Gasteiger partial charge is 0.455 e. The number of anilines is 2. The molecular formula is C27H22ClFN2O5S2. The van der Waals surface area contributed by atoms with Crippen LogP contribution >= 0.6 is 23.6 Å². The number of rotatable bonds is 6. The number of sulfonamides is 1. The van der Waals surface area contributed by atoms with Gasteiger partial charge in [0.2, 0.25) is 10.0 Å². The second-order valence-corrected chi connectivity index (χ2v) is 12.4. The van der Waals surface area contributed by atoms with Gasteiger partial charge in [-0.2, -0.15) is 0 Å². The lowest BCUT2D eigenvalue weighted by molar-refractivity contribution is 0.0964. The average Bonchev–Trinajstić information content (AvgIpc) is 3.48. The van der Waals surface area contributed by atoms with Crippen LogP contribution in [0.3, 0.4) is 0 Å². The predicted octanol–water partition coefficient (Wildman–Crippen LogP) is 6.76. The molecule has 0 radical (unpaired) electrons. The van der Waals surface area contributed by atoms with Crippen molar-refractivity contribution in [1.82, 2.24) is 5.32 Å². The second kappa shape index (κ2) is 9.30. The molecule has 1 amide bonds. The summed E-state index contributed by atoms with van der Waals surface area (Å²) in [7, 11) is -2.29. The summed E-state index contributed by atoms with van der Waals surface area (Å²) in [6.45, 7) is 0.314. The Morgan fingerprint density at radius 2 is 1.89 bits per heavy atom. The number of halogens is 2. The molecule has 7 nitrogen and oxygen atoms in total. The fourth-order valence-electron chi connectivity index (χ4n) is 4.81. The van der Waals surface area contributed by atoms with Crippen LogP contribution in [0, 0.1) is 5.82 Å². The van der Waals surface area contributed by atoms with Crippen molar-refractivity contribution in [3.8, 4) is 11.3 Å². The lowest BCUT2D eigenvalue weighted by Gasteiger charge is -2.26. The molecule has 0 bridgehead atoms. The van der Waals surface area contributed by atoms with Crippen LogP contribution in [-0.2, 0) is 20.8 Å². The Balaban J connectivity index is 1.61. The minimum absolute atomic E-state index is 0.129. The quantitative estimate of drug-likeness (QED) is 0.257. The number of nitrogens with zero attached hydrogens (tertiary/aromatic N) is 1. The van der Waals surface area contributed by atoms with E-state index in [4.69, 9.17) is 20.2 Å². The van der Waals surface area contributed by atoms with Gasteiger partial charge in [0, 0.05) is 36.1 Å². The van der Waals surface area contributed by atoms with E-state index in [1.807, 2.05) is 6.07 Å². The van der Waals surface area contributed by atoms with Gasteiger partial charge in [0.25, 0.3) is 5.91 Å². The lowest BCUT2D eigenvalue weighted by Crippen LogP contribution is -2.26. The van der Waals surface area contributed by atoms with Crippen molar-refractivity contribution in [3.05, 3.63) is 76.1 Å². The van der Waals surface area contributed by atoms with Gasteiger partial charge >= 0.3 is 0 Å². The van der Waals surface area contributed by atoms with E-state index in [0.717, 1.165) is 35.1 Å². The van der Waals surface area contributed by atoms with Crippen LogP contribution in [0.25, 0.3) is 22.3 Å². The third-order valence-electron chi connectivity index (χ3n) is 6.66. The van der Waals surface area contributed by atoms with Crippen LogP contribution < -0.4 is 9.62 Å². The molecule has 0 saturated heterocycles. The van der Waals surface area contributed by atoms with Gasteiger partial charge in [-0.15, -0.1) is 0 Å². The first kappa shape index (κ1) is 25.2. The van der Waals surface area contributed by atoms with Gasteiger partial charge in [0.1, 0.15) is 17.2 Å². The van der Waals surface area contributed by atoms with E-state index < -0.39 is 15.8 Å². The van der Waals surface area contributed by atoms with Crippen molar-refractivity contribution < 1.29 is 26.2 Å². The van der Waals surface area contributed by atoms with Gasteiger partial charge in [-0.05, 0) is 72.4 Å². The molecule has 38 heavy (non-hydrogen) atoms. The van der Waals surface area contributed by atoms with Gasteiger partial charge < -0.3 is 13.9 Å². The fourth-order valence-corrected chi connectivity index (χ4v) is 6.81. The average molecular weight is 573 g/mol. The Morgan fingerprint density at radius 1 is 1.16 bits per heavy atom. The van der Waals surface area contributed by atoms with E-state index in [2.05, 4.69) is 5.32 Å². The van der Waals surface area contributed by atoms with E-state index >= 15 is 0 Å². The maximum absolute atomic E-state index is 13.6. The summed E-state index contributed by atoms with van der Waals surface area (Å²) < 4.78 is 53.1. The van der Waals surface area contributed by atoms with E-state index in [-0.39, 0.29) is 17.6 Å². The minimum Gasteiger partial charge on any atom is -0.455 e. The molecule has 2 heterocycles. The molecule has 1 saturated carbocycles. The molecule has 1 fully saturated rings. The van der Waals surface area contributed by atoms with Gasteiger partial charge in [-0.25, -0.2) is 17.1 Å². The fraction of sp³-hybridized carbons (Fsp3) is 0.222. The highest BCUT2D eigenvalue weighted by molar-refractivity contribution is 7.95. The monoisotopic (exact) mass is 572 g/mol. The molecular weight excluding hydrogens is 551 g/mol. The Morgan fingerprint density at radius 3 is 2.55 bits per heavy atom. The summed E-state index contributed by atoms with van der Waals surface area (Å²) in [6.07, 6.45) is 2.93. The molecule has 2 aliphatic rings. The van der Waals surface area contributed by atoms with Gasteiger partial charge in [-0.3, -0.25) is 4.79 Å². The zero-order valence-corrected chi connectivity index (χ0v) is 22.8. The van der Waals surface area contributed by atoms with Gasteiger partial charge in [0.15, 0.2) is 0 Å². The normalized spacial score (nSPS) is 15.1. The summed E-state index contributed by atoms with van der Waals surface area (Å²) in [5.74, 6) is -0.367. The second-order valence-electron chi connectivity index (χ2n) is 9.36. The minimum atomic E-state index is -3.82. The molecule has 0 atom stereocenters. The first-order valence-corrected chi connectivity index (χ1v) is 14.8. The number of nitrogens with one attached hydrogen (secondary N) is 1. The molecule has 196 valence electrons. The Labute approximate surface area is 228 Å². The predicted molar refractivity (Wildman–Crippen MR) is 146 cm³/mol. The Hall–Kier alpha value is -3.05. The third-order valence-corrected chi connectivity index (χ3v) is 9.03. The molecule has 1 aliphatic carbocycles. The van der Waals surface area contributed by atoms with E-state index in [9.17, 15) is 17.6 Å². The lowest BCUT2D eigenvalue weighted by atomic mass is 10.00. The van der Waals surface area contributed by atoms with Crippen molar-refractivity contribution in [3.63, 3.8) is 0 Å². The van der Waals surface area contributed by atoms with Gasteiger partial charge in [0.05, 0.1) is 39.7 Å². The molecule has 0 unspecified atom stereocenters.